The summed E-state index contributed by atoms with van der Waals surface area (Å²) < 4.78 is 13.7. The number of benzene rings is 1. The number of H-pyrrole nitrogens is 1. The van der Waals surface area contributed by atoms with Gasteiger partial charge in [-0.1, -0.05) is 32.0 Å². The average molecular weight is 276 g/mol. The van der Waals surface area contributed by atoms with E-state index in [4.69, 9.17) is 0 Å². The second kappa shape index (κ2) is 5.96. The van der Waals surface area contributed by atoms with Gasteiger partial charge < -0.3 is 4.98 Å². The highest BCUT2D eigenvalue weighted by molar-refractivity contribution is 5.84. The Kier molecular flexibility index (Phi) is 4.48. The van der Waals surface area contributed by atoms with Crippen LogP contribution in [0.4, 0.5) is 4.39 Å². The van der Waals surface area contributed by atoms with Gasteiger partial charge in [0.25, 0.3) is 0 Å². The van der Waals surface area contributed by atoms with Crippen LogP contribution in [0.5, 0.6) is 0 Å². The first-order valence-corrected chi connectivity index (χ1v) is 7.53. The minimum atomic E-state index is -1.12. The number of rotatable bonds is 2. The number of alkyl halides is 1. The molecule has 3 rings (SSSR count). The van der Waals surface area contributed by atoms with Crippen molar-refractivity contribution >= 4 is 10.9 Å². The summed E-state index contributed by atoms with van der Waals surface area (Å²) in [6.45, 7) is 9.57. The number of para-hydroxylation sites is 1. The lowest BCUT2D eigenvalue weighted by molar-refractivity contribution is 0.116. The maximum absolute atomic E-state index is 13.7. The summed E-state index contributed by atoms with van der Waals surface area (Å²) in [5.74, 6) is 0. The Labute approximate surface area is 121 Å². The molecule has 1 aromatic carbocycles. The largest absolute Gasteiger partial charge is 0.357 e. The number of hydrogen-bond donors (Lipinski definition) is 1. The number of fused-ring (bicyclic) bond motifs is 3. The van der Waals surface area contributed by atoms with E-state index in [0.717, 1.165) is 19.5 Å². The van der Waals surface area contributed by atoms with Crippen LogP contribution in [0.3, 0.4) is 0 Å². The highest BCUT2D eigenvalue weighted by atomic mass is 19.1. The van der Waals surface area contributed by atoms with E-state index >= 15 is 0 Å². The summed E-state index contributed by atoms with van der Waals surface area (Å²) in [7, 11) is 0. The normalized spacial score (nSPS) is 15.7. The molecule has 20 heavy (non-hydrogen) atoms. The Morgan fingerprint density at radius 2 is 1.95 bits per heavy atom. The molecule has 1 aromatic heterocycles. The second-order valence-electron chi connectivity index (χ2n) is 5.81. The summed E-state index contributed by atoms with van der Waals surface area (Å²) in [4.78, 5) is 5.66. The van der Waals surface area contributed by atoms with Gasteiger partial charge in [0, 0.05) is 36.2 Å². The van der Waals surface area contributed by atoms with Crippen molar-refractivity contribution in [2.24, 2.45) is 0 Å². The minimum Gasteiger partial charge on any atom is -0.357 e. The van der Waals surface area contributed by atoms with Crippen LogP contribution in [0.25, 0.3) is 10.9 Å². The van der Waals surface area contributed by atoms with Crippen LogP contribution in [0, 0.1) is 0 Å². The van der Waals surface area contributed by atoms with Crippen molar-refractivity contribution in [2.45, 2.75) is 46.3 Å². The van der Waals surface area contributed by atoms with Gasteiger partial charge in [0.2, 0.25) is 0 Å². The quantitative estimate of drug-likeness (QED) is 0.866. The number of hydrogen-bond acceptors (Lipinski definition) is 1. The van der Waals surface area contributed by atoms with E-state index < -0.39 is 5.67 Å². The van der Waals surface area contributed by atoms with Crippen LogP contribution in [0.15, 0.2) is 24.3 Å². The maximum atomic E-state index is 13.7. The highest BCUT2D eigenvalue weighted by Gasteiger charge is 2.25. The number of halogens is 1. The highest BCUT2D eigenvalue weighted by Crippen LogP contribution is 2.28. The Hall–Kier alpha value is -1.35. The predicted molar refractivity (Wildman–Crippen MR) is 83.8 cm³/mol. The van der Waals surface area contributed by atoms with Gasteiger partial charge in [-0.2, -0.15) is 0 Å². The van der Waals surface area contributed by atoms with Gasteiger partial charge in [-0.3, -0.25) is 4.90 Å². The standard InChI is InChI=1S/C15H19FN2.C2H6/c1-15(2,16)10-18-8-7-12-11-5-3-4-6-13(11)17-14(12)9-18;1-2/h3-6,17H,7-10H2,1-2H3;1-2H3. The van der Waals surface area contributed by atoms with Gasteiger partial charge in [-0.25, -0.2) is 4.39 Å². The van der Waals surface area contributed by atoms with Crippen LogP contribution >= 0.6 is 0 Å². The third-order valence-electron chi connectivity index (χ3n) is 3.56. The van der Waals surface area contributed by atoms with Crippen molar-refractivity contribution < 1.29 is 4.39 Å². The molecule has 110 valence electrons. The van der Waals surface area contributed by atoms with Gasteiger partial charge in [-0.15, -0.1) is 0 Å². The molecule has 0 atom stereocenters. The van der Waals surface area contributed by atoms with Gasteiger partial charge in [0.1, 0.15) is 5.67 Å². The average Bonchev–Trinajstić information content (AvgIpc) is 2.76. The van der Waals surface area contributed by atoms with Crippen molar-refractivity contribution in [3.05, 3.63) is 35.5 Å². The first kappa shape index (κ1) is 15.0. The zero-order chi connectivity index (χ0) is 14.8. The molecule has 0 bridgehead atoms. The molecule has 0 spiro atoms. The monoisotopic (exact) mass is 276 g/mol. The number of aromatic amines is 1. The van der Waals surface area contributed by atoms with E-state index in [-0.39, 0.29) is 0 Å². The molecular weight excluding hydrogens is 251 g/mol. The predicted octanol–water partition coefficient (Wildman–Crippen LogP) is 4.30. The fraction of sp³-hybridized carbons (Fsp3) is 0.529. The third kappa shape index (κ3) is 3.21. The van der Waals surface area contributed by atoms with E-state index in [1.165, 1.54) is 22.2 Å². The SMILES string of the molecule is CC.CC(C)(F)CN1CCc2c([nH]c3ccccc23)C1. The molecule has 0 saturated heterocycles. The molecule has 1 aliphatic heterocycles. The summed E-state index contributed by atoms with van der Waals surface area (Å²) in [5.41, 5.74) is 2.75. The molecule has 0 aliphatic carbocycles. The van der Waals surface area contributed by atoms with Crippen molar-refractivity contribution in [1.29, 1.82) is 0 Å². The summed E-state index contributed by atoms with van der Waals surface area (Å²) in [6, 6.07) is 8.40. The van der Waals surface area contributed by atoms with E-state index in [1.807, 2.05) is 19.9 Å². The van der Waals surface area contributed by atoms with Crippen molar-refractivity contribution in [3.8, 4) is 0 Å². The van der Waals surface area contributed by atoms with Crippen LogP contribution in [-0.2, 0) is 13.0 Å². The van der Waals surface area contributed by atoms with Crippen molar-refractivity contribution in [2.75, 3.05) is 13.1 Å². The summed E-state index contributed by atoms with van der Waals surface area (Å²) in [6.07, 6.45) is 1.01. The minimum absolute atomic E-state index is 0.502. The molecule has 2 aromatic rings. The van der Waals surface area contributed by atoms with E-state index in [9.17, 15) is 4.39 Å². The molecule has 2 nitrogen and oxygen atoms in total. The second-order valence-corrected chi connectivity index (χ2v) is 5.81. The molecule has 3 heteroatoms. The fourth-order valence-electron chi connectivity index (χ4n) is 2.92. The van der Waals surface area contributed by atoms with Crippen LogP contribution in [0.1, 0.15) is 39.0 Å². The van der Waals surface area contributed by atoms with Crippen LogP contribution in [0.2, 0.25) is 0 Å². The van der Waals surface area contributed by atoms with E-state index in [1.54, 1.807) is 13.8 Å². The van der Waals surface area contributed by atoms with E-state index in [2.05, 4.69) is 28.1 Å². The Morgan fingerprint density at radius 3 is 2.65 bits per heavy atom. The smallest absolute Gasteiger partial charge is 0.118 e. The molecule has 0 fully saturated rings. The van der Waals surface area contributed by atoms with Crippen molar-refractivity contribution in [1.82, 2.24) is 9.88 Å². The van der Waals surface area contributed by atoms with Crippen molar-refractivity contribution in [3.63, 3.8) is 0 Å². The zero-order valence-corrected chi connectivity index (χ0v) is 13.0. The lowest BCUT2D eigenvalue weighted by Crippen LogP contribution is -2.39. The maximum Gasteiger partial charge on any atom is 0.118 e. The molecule has 0 amide bonds. The lowest BCUT2D eigenvalue weighted by Gasteiger charge is -2.30. The van der Waals surface area contributed by atoms with Gasteiger partial charge in [0.05, 0.1) is 0 Å². The molecule has 0 saturated carbocycles. The Bertz CT molecular complexity index is 566. The molecule has 1 N–H and O–H groups in total. The Morgan fingerprint density at radius 1 is 1.25 bits per heavy atom. The van der Waals surface area contributed by atoms with Gasteiger partial charge in [0.15, 0.2) is 0 Å². The molecular formula is C17H25FN2. The van der Waals surface area contributed by atoms with Crippen LogP contribution in [-0.4, -0.2) is 28.6 Å². The number of nitrogens with zero attached hydrogens (tertiary/aromatic N) is 1. The zero-order valence-electron chi connectivity index (χ0n) is 13.0. The lowest BCUT2D eigenvalue weighted by atomic mass is 10.0. The molecule has 1 aliphatic rings. The van der Waals surface area contributed by atoms with Gasteiger partial charge in [-0.05, 0) is 31.9 Å². The first-order chi connectivity index (χ1) is 9.53. The number of nitrogens with one attached hydrogen (secondary N) is 1. The van der Waals surface area contributed by atoms with Crippen LogP contribution < -0.4 is 0 Å². The summed E-state index contributed by atoms with van der Waals surface area (Å²) in [5, 5.41) is 1.33. The fourth-order valence-corrected chi connectivity index (χ4v) is 2.92. The number of aromatic nitrogens is 1. The molecule has 2 heterocycles. The summed E-state index contributed by atoms with van der Waals surface area (Å²) >= 11 is 0. The molecule has 0 radical (unpaired) electrons. The van der Waals surface area contributed by atoms with E-state index in [0.29, 0.717) is 6.54 Å². The topological polar surface area (TPSA) is 19.0 Å². The first-order valence-electron chi connectivity index (χ1n) is 7.53. The molecule has 0 unspecified atom stereocenters. The third-order valence-corrected chi connectivity index (χ3v) is 3.56. The van der Waals surface area contributed by atoms with Gasteiger partial charge >= 0.3 is 0 Å². The Balaban J connectivity index is 0.000000704.